The first kappa shape index (κ1) is 22.1. The molecule has 6 heteroatoms. The quantitative estimate of drug-likeness (QED) is 0.279. The first-order valence-corrected chi connectivity index (χ1v) is 11.1. The minimum absolute atomic E-state index is 0.290. The highest BCUT2D eigenvalue weighted by Gasteiger charge is 2.11. The molecule has 0 saturated heterocycles. The Balaban J connectivity index is 1.31. The maximum Gasteiger partial charge on any atom is 0.256 e. The summed E-state index contributed by atoms with van der Waals surface area (Å²) in [6.45, 7) is 1.77. The molecule has 0 unspecified atom stereocenters. The van der Waals surface area contributed by atoms with E-state index in [0.717, 1.165) is 22.2 Å². The number of carbonyl (C=O) groups excluding carboxylic acids is 1. The van der Waals surface area contributed by atoms with Crippen molar-refractivity contribution < 1.29 is 13.9 Å². The van der Waals surface area contributed by atoms with Crippen molar-refractivity contribution in [3.8, 4) is 11.5 Å². The molecule has 0 spiro atoms. The number of rotatable bonds is 6. The number of anilines is 1. The zero-order valence-corrected chi connectivity index (χ0v) is 19.0. The van der Waals surface area contributed by atoms with E-state index in [1.165, 1.54) is 12.1 Å². The van der Waals surface area contributed by atoms with Gasteiger partial charge in [0.15, 0.2) is 0 Å². The van der Waals surface area contributed by atoms with E-state index in [0.29, 0.717) is 22.7 Å². The highest BCUT2D eigenvalue weighted by Crippen LogP contribution is 2.28. The SMILES string of the molecule is Cc1ccc(F)cc1C(=O)Nc1cccc(Oc2ccc3c(/C=C/c4ccccc4)n[nH]c3c2)c1. The standard InChI is InChI=1S/C29H22FN3O2/c1-19-10-12-21(30)16-26(19)29(34)31-22-8-5-9-23(17-22)35-24-13-14-25-27(32-33-28(25)18-24)15-11-20-6-3-2-4-7-20/h2-18H,1H3,(H,31,34)(H,32,33)/b15-11+. The number of hydrogen-bond acceptors (Lipinski definition) is 3. The van der Waals surface area contributed by atoms with Gasteiger partial charge in [-0.1, -0.05) is 48.5 Å². The average Bonchev–Trinajstić information content (AvgIpc) is 3.27. The van der Waals surface area contributed by atoms with Crippen LogP contribution in [-0.4, -0.2) is 16.1 Å². The summed E-state index contributed by atoms with van der Waals surface area (Å²) in [5, 5.41) is 11.2. The van der Waals surface area contributed by atoms with Gasteiger partial charge >= 0.3 is 0 Å². The van der Waals surface area contributed by atoms with Crippen molar-refractivity contribution in [1.82, 2.24) is 10.2 Å². The lowest BCUT2D eigenvalue weighted by molar-refractivity contribution is 0.102. The molecule has 5 rings (SSSR count). The van der Waals surface area contributed by atoms with Gasteiger partial charge in [0.1, 0.15) is 17.3 Å². The molecule has 172 valence electrons. The van der Waals surface area contributed by atoms with Crippen LogP contribution in [0.1, 0.15) is 27.2 Å². The van der Waals surface area contributed by atoms with Crippen molar-refractivity contribution in [3.05, 3.63) is 119 Å². The fourth-order valence-electron chi connectivity index (χ4n) is 3.76. The number of amides is 1. The smallest absolute Gasteiger partial charge is 0.256 e. The number of halogens is 1. The summed E-state index contributed by atoms with van der Waals surface area (Å²) in [6.07, 6.45) is 3.99. The van der Waals surface area contributed by atoms with Crippen LogP contribution in [0.25, 0.3) is 23.1 Å². The number of aryl methyl sites for hydroxylation is 1. The third-order valence-corrected chi connectivity index (χ3v) is 5.57. The molecular formula is C29H22FN3O2. The van der Waals surface area contributed by atoms with Crippen LogP contribution in [-0.2, 0) is 0 Å². The maximum atomic E-state index is 13.6. The van der Waals surface area contributed by atoms with E-state index in [4.69, 9.17) is 4.74 Å². The van der Waals surface area contributed by atoms with E-state index >= 15 is 0 Å². The van der Waals surface area contributed by atoms with Crippen LogP contribution >= 0.6 is 0 Å². The molecule has 1 amide bonds. The number of carbonyl (C=O) groups is 1. The molecule has 4 aromatic carbocycles. The van der Waals surface area contributed by atoms with E-state index in [1.807, 2.05) is 60.7 Å². The fourth-order valence-corrected chi connectivity index (χ4v) is 3.76. The normalized spacial score (nSPS) is 11.1. The summed E-state index contributed by atoms with van der Waals surface area (Å²) in [5.74, 6) is 0.353. The third-order valence-electron chi connectivity index (χ3n) is 5.57. The first-order chi connectivity index (χ1) is 17.0. The summed E-state index contributed by atoms with van der Waals surface area (Å²) >= 11 is 0. The zero-order chi connectivity index (χ0) is 24.2. The van der Waals surface area contributed by atoms with Crippen molar-refractivity contribution in [2.45, 2.75) is 6.92 Å². The molecule has 1 heterocycles. The molecule has 0 bridgehead atoms. The maximum absolute atomic E-state index is 13.6. The second kappa shape index (κ2) is 9.65. The molecule has 5 nitrogen and oxygen atoms in total. The Hall–Kier alpha value is -4.71. The molecule has 0 atom stereocenters. The van der Waals surface area contributed by atoms with E-state index in [9.17, 15) is 9.18 Å². The van der Waals surface area contributed by atoms with Gasteiger partial charge in [-0.3, -0.25) is 9.89 Å². The van der Waals surface area contributed by atoms with Crippen LogP contribution < -0.4 is 10.1 Å². The summed E-state index contributed by atoms with van der Waals surface area (Å²) in [5.41, 5.74) is 4.32. The minimum atomic E-state index is -0.453. The molecule has 2 N–H and O–H groups in total. The van der Waals surface area contributed by atoms with Gasteiger partial charge in [0.25, 0.3) is 5.91 Å². The summed E-state index contributed by atoms with van der Waals surface area (Å²) in [6, 6.07) is 27.0. The number of nitrogens with one attached hydrogen (secondary N) is 2. The van der Waals surface area contributed by atoms with Crippen LogP contribution in [0, 0.1) is 12.7 Å². The van der Waals surface area contributed by atoms with Crippen molar-refractivity contribution >= 4 is 34.6 Å². The summed E-state index contributed by atoms with van der Waals surface area (Å²) in [4.78, 5) is 12.6. The average molecular weight is 464 g/mol. The number of fused-ring (bicyclic) bond motifs is 1. The van der Waals surface area contributed by atoms with Gasteiger partial charge in [-0.05, 0) is 60.5 Å². The van der Waals surface area contributed by atoms with Crippen LogP contribution in [0.2, 0.25) is 0 Å². The summed E-state index contributed by atoms with van der Waals surface area (Å²) in [7, 11) is 0. The Morgan fingerprint density at radius 3 is 2.60 bits per heavy atom. The molecule has 0 aliphatic rings. The number of benzene rings is 4. The molecule has 1 aromatic heterocycles. The van der Waals surface area contributed by atoms with Crippen LogP contribution in [0.4, 0.5) is 10.1 Å². The van der Waals surface area contributed by atoms with Gasteiger partial charge in [-0.25, -0.2) is 4.39 Å². The second-order valence-electron chi connectivity index (χ2n) is 8.10. The molecule has 0 saturated carbocycles. The predicted octanol–water partition coefficient (Wildman–Crippen LogP) is 7.23. The highest BCUT2D eigenvalue weighted by atomic mass is 19.1. The van der Waals surface area contributed by atoms with E-state index in [1.54, 1.807) is 37.3 Å². The van der Waals surface area contributed by atoms with E-state index < -0.39 is 5.82 Å². The largest absolute Gasteiger partial charge is 0.457 e. The lowest BCUT2D eigenvalue weighted by Gasteiger charge is -2.10. The molecule has 35 heavy (non-hydrogen) atoms. The molecule has 0 radical (unpaired) electrons. The molecule has 0 fully saturated rings. The van der Waals surface area contributed by atoms with Gasteiger partial charge in [0, 0.05) is 28.8 Å². The molecule has 0 aliphatic carbocycles. The highest BCUT2D eigenvalue weighted by molar-refractivity contribution is 6.05. The van der Waals surface area contributed by atoms with Crippen molar-refractivity contribution in [3.63, 3.8) is 0 Å². The molecule has 5 aromatic rings. The number of H-pyrrole nitrogens is 1. The fraction of sp³-hybridized carbons (Fsp3) is 0.0345. The van der Waals surface area contributed by atoms with Gasteiger partial charge in [-0.15, -0.1) is 0 Å². The minimum Gasteiger partial charge on any atom is -0.457 e. The number of ether oxygens (including phenoxy) is 1. The van der Waals surface area contributed by atoms with E-state index in [2.05, 4.69) is 15.5 Å². The van der Waals surface area contributed by atoms with Crippen molar-refractivity contribution in [2.24, 2.45) is 0 Å². The third kappa shape index (κ3) is 5.12. The number of nitrogens with zero attached hydrogens (tertiary/aromatic N) is 1. The number of hydrogen-bond donors (Lipinski definition) is 2. The lowest BCUT2D eigenvalue weighted by Crippen LogP contribution is -2.13. The molecular weight excluding hydrogens is 441 g/mol. The zero-order valence-electron chi connectivity index (χ0n) is 19.0. The summed E-state index contributed by atoms with van der Waals surface area (Å²) < 4.78 is 19.6. The van der Waals surface area contributed by atoms with Gasteiger partial charge in [0.05, 0.1) is 11.2 Å². The van der Waals surface area contributed by atoms with Gasteiger partial charge in [-0.2, -0.15) is 5.10 Å². The Labute approximate surface area is 201 Å². The number of aromatic nitrogens is 2. The Morgan fingerprint density at radius 2 is 1.74 bits per heavy atom. The Kier molecular flexibility index (Phi) is 6.09. The predicted molar refractivity (Wildman–Crippen MR) is 137 cm³/mol. The topological polar surface area (TPSA) is 67.0 Å². The monoisotopic (exact) mass is 463 g/mol. The Morgan fingerprint density at radius 1 is 0.914 bits per heavy atom. The van der Waals surface area contributed by atoms with E-state index in [-0.39, 0.29) is 11.5 Å². The lowest BCUT2D eigenvalue weighted by atomic mass is 10.1. The van der Waals surface area contributed by atoms with Gasteiger partial charge < -0.3 is 10.1 Å². The van der Waals surface area contributed by atoms with Gasteiger partial charge in [0.2, 0.25) is 0 Å². The number of aromatic amines is 1. The van der Waals surface area contributed by atoms with Crippen LogP contribution in [0.5, 0.6) is 11.5 Å². The second-order valence-corrected chi connectivity index (χ2v) is 8.10. The molecule has 0 aliphatic heterocycles. The Bertz CT molecular complexity index is 1540. The van der Waals surface area contributed by atoms with Crippen molar-refractivity contribution in [1.29, 1.82) is 0 Å². The van der Waals surface area contributed by atoms with Crippen LogP contribution in [0.15, 0.2) is 91.0 Å². The van der Waals surface area contributed by atoms with Crippen molar-refractivity contribution in [2.75, 3.05) is 5.32 Å². The van der Waals surface area contributed by atoms with Crippen LogP contribution in [0.3, 0.4) is 0 Å². The first-order valence-electron chi connectivity index (χ1n) is 11.1.